The molecule has 1 N–H and O–H groups in total. The number of hydrogen-bond donors (Lipinski definition) is 1. The first-order chi connectivity index (χ1) is 9.56. The minimum atomic E-state index is -0.0236. The molecule has 0 saturated heterocycles. The molecule has 3 fully saturated rings. The number of allylic oxidation sites excluding steroid dienone is 2. The Balaban J connectivity index is 1.68. The third-order valence-corrected chi connectivity index (χ3v) is 7.98. The summed E-state index contributed by atoms with van der Waals surface area (Å²) in [6, 6.07) is 0. The fourth-order valence-electron chi connectivity index (χ4n) is 6.73. The van der Waals surface area contributed by atoms with Crippen molar-refractivity contribution in [3.8, 4) is 0 Å². The highest BCUT2D eigenvalue weighted by Gasteiger charge is 2.58. The second kappa shape index (κ2) is 4.35. The molecule has 1 nitrogen and oxygen atoms in total. The van der Waals surface area contributed by atoms with Crippen molar-refractivity contribution in [2.45, 2.75) is 77.7 Å². The van der Waals surface area contributed by atoms with Crippen LogP contribution in [0.3, 0.4) is 0 Å². The van der Waals surface area contributed by atoms with Crippen LogP contribution in [0.1, 0.15) is 71.6 Å². The van der Waals surface area contributed by atoms with Gasteiger partial charge in [0.1, 0.15) is 0 Å². The van der Waals surface area contributed by atoms with Crippen LogP contribution in [0.2, 0.25) is 0 Å². The van der Waals surface area contributed by atoms with Crippen LogP contribution < -0.4 is 0 Å². The van der Waals surface area contributed by atoms with E-state index in [9.17, 15) is 5.11 Å². The molecular formula is C19H30O. The highest BCUT2D eigenvalue weighted by atomic mass is 16.3. The number of fused-ring (bicyclic) bond motifs is 5. The predicted molar refractivity (Wildman–Crippen MR) is 82.3 cm³/mol. The average molecular weight is 274 g/mol. The van der Waals surface area contributed by atoms with Crippen LogP contribution in [0.15, 0.2) is 11.6 Å². The number of aliphatic hydroxyl groups excluding tert-OH is 1. The first-order valence-electron chi connectivity index (χ1n) is 8.93. The van der Waals surface area contributed by atoms with E-state index in [0.717, 1.165) is 24.2 Å². The second-order valence-corrected chi connectivity index (χ2v) is 8.59. The van der Waals surface area contributed by atoms with Gasteiger partial charge in [0.15, 0.2) is 0 Å². The van der Waals surface area contributed by atoms with Gasteiger partial charge < -0.3 is 5.11 Å². The zero-order valence-electron chi connectivity index (χ0n) is 13.2. The summed E-state index contributed by atoms with van der Waals surface area (Å²) >= 11 is 0. The van der Waals surface area contributed by atoms with Gasteiger partial charge >= 0.3 is 0 Å². The van der Waals surface area contributed by atoms with Crippen molar-refractivity contribution >= 4 is 0 Å². The van der Waals surface area contributed by atoms with Gasteiger partial charge in [-0.2, -0.15) is 0 Å². The van der Waals surface area contributed by atoms with Crippen molar-refractivity contribution in [1.29, 1.82) is 0 Å². The lowest BCUT2D eigenvalue weighted by atomic mass is 9.47. The molecule has 0 aromatic heterocycles. The van der Waals surface area contributed by atoms with Gasteiger partial charge in [-0.25, -0.2) is 0 Å². The Bertz CT molecular complexity index is 439. The molecule has 0 bridgehead atoms. The van der Waals surface area contributed by atoms with Crippen molar-refractivity contribution in [3.63, 3.8) is 0 Å². The summed E-state index contributed by atoms with van der Waals surface area (Å²) in [5.74, 6) is 2.61. The normalized spacial score (nSPS) is 54.6. The standard InChI is InChI=1S/C19H30O/c1-18-11-4-3-5-13(18)6-7-14-15-8-9-17(20)19(15,2)12-10-16(14)18/h5,14-17,20H,3-4,6-12H2,1-2H3. The maximum Gasteiger partial charge on any atom is 0.0596 e. The average Bonchev–Trinajstić information content (AvgIpc) is 2.74. The van der Waals surface area contributed by atoms with Crippen LogP contribution in [0, 0.1) is 28.6 Å². The van der Waals surface area contributed by atoms with Gasteiger partial charge in [-0.15, -0.1) is 0 Å². The van der Waals surface area contributed by atoms with Crippen LogP contribution in [0.4, 0.5) is 0 Å². The van der Waals surface area contributed by atoms with Gasteiger partial charge in [-0.1, -0.05) is 25.5 Å². The topological polar surface area (TPSA) is 20.2 Å². The fraction of sp³-hybridized carbons (Fsp3) is 0.895. The van der Waals surface area contributed by atoms with Crippen molar-refractivity contribution in [3.05, 3.63) is 11.6 Å². The van der Waals surface area contributed by atoms with Gasteiger partial charge in [0.25, 0.3) is 0 Å². The van der Waals surface area contributed by atoms with Crippen molar-refractivity contribution in [2.75, 3.05) is 0 Å². The third kappa shape index (κ3) is 1.59. The zero-order chi connectivity index (χ0) is 14.0. The fourth-order valence-corrected chi connectivity index (χ4v) is 6.73. The molecule has 6 unspecified atom stereocenters. The molecule has 6 atom stereocenters. The SMILES string of the molecule is CC12CCCC=C1CCC1C2CCC2(C)C(O)CCC12. The van der Waals surface area contributed by atoms with E-state index in [-0.39, 0.29) is 11.5 Å². The Morgan fingerprint density at radius 2 is 1.90 bits per heavy atom. The van der Waals surface area contributed by atoms with E-state index < -0.39 is 0 Å². The van der Waals surface area contributed by atoms with Gasteiger partial charge in [0, 0.05) is 0 Å². The van der Waals surface area contributed by atoms with E-state index in [1.165, 1.54) is 51.4 Å². The summed E-state index contributed by atoms with van der Waals surface area (Å²) in [5, 5.41) is 10.5. The number of rotatable bonds is 0. The molecule has 4 rings (SSSR count). The summed E-state index contributed by atoms with van der Waals surface area (Å²) in [7, 11) is 0. The van der Waals surface area contributed by atoms with Crippen LogP contribution in [-0.4, -0.2) is 11.2 Å². The zero-order valence-corrected chi connectivity index (χ0v) is 13.2. The molecule has 1 heteroatoms. The number of aliphatic hydroxyl groups is 1. The summed E-state index contributed by atoms with van der Waals surface area (Å²) in [6.45, 7) is 4.96. The third-order valence-electron chi connectivity index (χ3n) is 7.98. The Hall–Kier alpha value is -0.300. The van der Waals surface area contributed by atoms with Crippen molar-refractivity contribution < 1.29 is 5.11 Å². The minimum absolute atomic E-state index is 0.0236. The van der Waals surface area contributed by atoms with E-state index in [2.05, 4.69) is 19.9 Å². The first-order valence-corrected chi connectivity index (χ1v) is 8.93. The minimum Gasteiger partial charge on any atom is -0.393 e. The van der Waals surface area contributed by atoms with Crippen molar-refractivity contribution in [1.82, 2.24) is 0 Å². The van der Waals surface area contributed by atoms with E-state index >= 15 is 0 Å². The van der Waals surface area contributed by atoms with Crippen LogP contribution in [-0.2, 0) is 0 Å². The van der Waals surface area contributed by atoms with Gasteiger partial charge in [-0.3, -0.25) is 0 Å². The molecule has 0 aliphatic heterocycles. The Labute approximate surface area is 123 Å². The van der Waals surface area contributed by atoms with E-state index in [4.69, 9.17) is 0 Å². The van der Waals surface area contributed by atoms with E-state index in [1.807, 2.05) is 0 Å². The monoisotopic (exact) mass is 274 g/mol. The number of hydrogen-bond acceptors (Lipinski definition) is 1. The smallest absolute Gasteiger partial charge is 0.0596 e. The molecular weight excluding hydrogens is 244 g/mol. The second-order valence-electron chi connectivity index (χ2n) is 8.59. The molecule has 4 aliphatic rings. The lowest BCUT2D eigenvalue weighted by Gasteiger charge is -2.57. The molecule has 20 heavy (non-hydrogen) atoms. The van der Waals surface area contributed by atoms with Crippen molar-refractivity contribution in [2.24, 2.45) is 28.6 Å². The van der Waals surface area contributed by atoms with E-state index in [0.29, 0.717) is 5.41 Å². The summed E-state index contributed by atoms with van der Waals surface area (Å²) in [6.07, 6.45) is 14.4. The molecule has 0 aromatic rings. The molecule has 0 heterocycles. The van der Waals surface area contributed by atoms with Crippen LogP contribution in [0.5, 0.6) is 0 Å². The summed E-state index contributed by atoms with van der Waals surface area (Å²) < 4.78 is 0. The highest BCUT2D eigenvalue weighted by molar-refractivity contribution is 5.23. The van der Waals surface area contributed by atoms with Gasteiger partial charge in [-0.05, 0) is 86.4 Å². The summed E-state index contributed by atoms with van der Waals surface area (Å²) in [5.41, 5.74) is 2.55. The summed E-state index contributed by atoms with van der Waals surface area (Å²) in [4.78, 5) is 0. The maximum atomic E-state index is 10.5. The molecule has 0 spiro atoms. The molecule has 0 radical (unpaired) electrons. The quantitative estimate of drug-likeness (QED) is 0.635. The van der Waals surface area contributed by atoms with Gasteiger partial charge in [0.2, 0.25) is 0 Å². The van der Waals surface area contributed by atoms with Crippen LogP contribution >= 0.6 is 0 Å². The van der Waals surface area contributed by atoms with Gasteiger partial charge in [0.05, 0.1) is 6.10 Å². The highest BCUT2D eigenvalue weighted by Crippen LogP contribution is 2.65. The molecule has 3 saturated carbocycles. The maximum absolute atomic E-state index is 10.5. The molecule has 112 valence electrons. The lowest BCUT2D eigenvalue weighted by molar-refractivity contribution is -0.0736. The molecule has 0 amide bonds. The Morgan fingerprint density at radius 1 is 1.05 bits per heavy atom. The van der Waals surface area contributed by atoms with Crippen LogP contribution in [0.25, 0.3) is 0 Å². The molecule has 0 aromatic carbocycles. The Kier molecular flexibility index (Phi) is 2.91. The predicted octanol–water partition coefficient (Wildman–Crippen LogP) is 4.70. The Morgan fingerprint density at radius 3 is 2.75 bits per heavy atom. The molecule has 4 aliphatic carbocycles. The van der Waals surface area contributed by atoms with E-state index in [1.54, 1.807) is 5.57 Å². The first kappa shape index (κ1) is 13.4. The lowest BCUT2D eigenvalue weighted by Crippen LogP contribution is -2.50. The largest absolute Gasteiger partial charge is 0.393 e.